The maximum Gasteiger partial charge on any atom is 0.171 e. The van der Waals surface area contributed by atoms with Crippen molar-refractivity contribution in [3.63, 3.8) is 0 Å². The lowest BCUT2D eigenvalue weighted by Gasteiger charge is -2.04. The molecule has 100 valence electrons. The van der Waals surface area contributed by atoms with Gasteiger partial charge in [0.15, 0.2) is 5.78 Å². The van der Waals surface area contributed by atoms with Gasteiger partial charge in [-0.15, -0.1) is 0 Å². The molecule has 0 saturated heterocycles. The molecule has 0 unspecified atom stereocenters. The van der Waals surface area contributed by atoms with E-state index in [1.165, 1.54) is 18.7 Å². The molecule has 0 spiro atoms. The summed E-state index contributed by atoms with van der Waals surface area (Å²) in [6.07, 6.45) is 5.39. The van der Waals surface area contributed by atoms with Crippen molar-refractivity contribution < 1.29 is 4.79 Å². The van der Waals surface area contributed by atoms with Gasteiger partial charge in [-0.3, -0.25) is 9.48 Å². The maximum atomic E-state index is 12.2. The molecule has 0 aliphatic rings. The van der Waals surface area contributed by atoms with E-state index < -0.39 is 0 Å². The summed E-state index contributed by atoms with van der Waals surface area (Å²) in [6, 6.07) is 0. The van der Waals surface area contributed by atoms with E-state index in [4.69, 9.17) is 11.6 Å². The zero-order chi connectivity index (χ0) is 13.8. The van der Waals surface area contributed by atoms with Gasteiger partial charge in [0.2, 0.25) is 0 Å². The third-order valence-corrected chi connectivity index (χ3v) is 3.34. The number of hydrogen-bond donors (Lipinski definition) is 0. The number of halogens is 1. The van der Waals surface area contributed by atoms with Gasteiger partial charge in [0, 0.05) is 18.9 Å². The fourth-order valence-electron chi connectivity index (χ4n) is 1.88. The number of Topliss-reactive ketones (excluding diaryl/α,β-unsaturated/α-hetero) is 1. The molecule has 0 atom stereocenters. The molecule has 2 aromatic heterocycles. The fraction of sp³-hybridized carbons (Fsp3) is 0.385. The van der Waals surface area contributed by atoms with Crippen LogP contribution in [0.15, 0.2) is 18.7 Å². The first-order chi connectivity index (χ1) is 9.17. The van der Waals surface area contributed by atoms with Gasteiger partial charge in [0.05, 0.1) is 28.4 Å². The van der Waals surface area contributed by atoms with Crippen LogP contribution < -0.4 is 0 Å². The number of nitrogens with zero attached hydrogens (tertiary/aromatic N) is 4. The smallest absolute Gasteiger partial charge is 0.171 e. The Labute approximate surface area is 116 Å². The highest BCUT2D eigenvalue weighted by atomic mass is 35.5. The fourth-order valence-corrected chi connectivity index (χ4v) is 2.22. The number of carbonyl (C=O) groups is 1. The van der Waals surface area contributed by atoms with Crippen LogP contribution in [0, 0.1) is 0 Å². The number of carbonyl (C=O) groups excluding carboxylic acids is 1. The van der Waals surface area contributed by atoms with Gasteiger partial charge in [-0.1, -0.05) is 18.5 Å². The quantitative estimate of drug-likeness (QED) is 0.788. The minimum Gasteiger partial charge on any atom is -0.294 e. The summed E-state index contributed by atoms with van der Waals surface area (Å²) < 4.78 is 1.78. The Kier molecular flexibility index (Phi) is 4.27. The van der Waals surface area contributed by atoms with Crippen molar-refractivity contribution in [3.05, 3.63) is 40.7 Å². The molecule has 19 heavy (non-hydrogen) atoms. The average molecular weight is 279 g/mol. The number of ketones is 1. The van der Waals surface area contributed by atoms with Gasteiger partial charge >= 0.3 is 0 Å². The Morgan fingerprint density at radius 3 is 2.58 bits per heavy atom. The standard InChI is InChI=1S/C13H15ClN4O/c1-3-10-13(14)11(18(4-2)17-10)5-12(19)9-6-15-8-16-7-9/h6-8H,3-5H2,1-2H3. The lowest BCUT2D eigenvalue weighted by molar-refractivity contribution is 0.0990. The normalized spacial score (nSPS) is 10.7. The largest absolute Gasteiger partial charge is 0.294 e. The zero-order valence-electron chi connectivity index (χ0n) is 10.9. The van der Waals surface area contributed by atoms with Crippen LogP contribution in [0.1, 0.15) is 35.6 Å². The number of hydrogen-bond acceptors (Lipinski definition) is 4. The highest BCUT2D eigenvalue weighted by Crippen LogP contribution is 2.23. The zero-order valence-corrected chi connectivity index (χ0v) is 11.7. The molecule has 0 aromatic carbocycles. The molecule has 0 saturated carbocycles. The van der Waals surface area contributed by atoms with Crippen molar-refractivity contribution >= 4 is 17.4 Å². The molecule has 2 heterocycles. The van der Waals surface area contributed by atoms with Gasteiger partial charge < -0.3 is 0 Å². The second kappa shape index (κ2) is 5.93. The van der Waals surface area contributed by atoms with Crippen LogP contribution in [0.5, 0.6) is 0 Å². The topological polar surface area (TPSA) is 60.7 Å². The van der Waals surface area contributed by atoms with E-state index in [9.17, 15) is 4.79 Å². The Morgan fingerprint density at radius 1 is 1.32 bits per heavy atom. The first-order valence-electron chi connectivity index (χ1n) is 6.19. The monoisotopic (exact) mass is 278 g/mol. The van der Waals surface area contributed by atoms with E-state index >= 15 is 0 Å². The maximum absolute atomic E-state index is 12.2. The SMILES string of the molecule is CCc1nn(CC)c(CC(=O)c2cncnc2)c1Cl. The highest BCUT2D eigenvalue weighted by Gasteiger charge is 2.18. The Hall–Kier alpha value is -1.75. The minimum atomic E-state index is -0.0558. The van der Waals surface area contributed by atoms with Gasteiger partial charge in [-0.25, -0.2) is 9.97 Å². The van der Waals surface area contributed by atoms with Gasteiger partial charge in [0.25, 0.3) is 0 Å². The molecule has 0 aliphatic heterocycles. The average Bonchev–Trinajstić information content (AvgIpc) is 2.76. The van der Waals surface area contributed by atoms with Crippen molar-refractivity contribution in [2.24, 2.45) is 0 Å². The molecule has 0 aliphatic carbocycles. The Morgan fingerprint density at radius 2 is 2.00 bits per heavy atom. The minimum absolute atomic E-state index is 0.0558. The molecule has 0 amide bonds. The van der Waals surface area contributed by atoms with Gasteiger partial charge in [0.1, 0.15) is 6.33 Å². The predicted octanol–water partition coefficient (Wildman–Crippen LogP) is 2.33. The van der Waals surface area contributed by atoms with Crippen LogP contribution in [-0.2, 0) is 19.4 Å². The van der Waals surface area contributed by atoms with Crippen molar-refractivity contribution in [1.82, 2.24) is 19.7 Å². The summed E-state index contributed by atoms with van der Waals surface area (Å²) in [5.41, 5.74) is 2.07. The molecule has 0 N–H and O–H groups in total. The lowest BCUT2D eigenvalue weighted by atomic mass is 10.1. The van der Waals surface area contributed by atoms with E-state index in [-0.39, 0.29) is 12.2 Å². The summed E-state index contributed by atoms with van der Waals surface area (Å²) in [6.45, 7) is 4.65. The summed E-state index contributed by atoms with van der Waals surface area (Å²) in [4.78, 5) is 19.8. The predicted molar refractivity (Wildman–Crippen MR) is 72.4 cm³/mol. The van der Waals surface area contributed by atoms with Gasteiger partial charge in [-0.2, -0.15) is 5.10 Å². The van der Waals surface area contributed by atoms with Crippen LogP contribution in [-0.4, -0.2) is 25.5 Å². The first-order valence-corrected chi connectivity index (χ1v) is 6.57. The van der Waals surface area contributed by atoms with Crippen molar-refractivity contribution in [2.45, 2.75) is 33.2 Å². The molecule has 0 fully saturated rings. The number of aryl methyl sites for hydroxylation is 2. The highest BCUT2D eigenvalue weighted by molar-refractivity contribution is 6.32. The molecule has 5 nitrogen and oxygen atoms in total. The summed E-state index contributed by atoms with van der Waals surface area (Å²) >= 11 is 6.27. The van der Waals surface area contributed by atoms with Crippen LogP contribution in [0.25, 0.3) is 0 Å². The molecule has 6 heteroatoms. The Bertz CT molecular complexity index is 580. The lowest BCUT2D eigenvalue weighted by Crippen LogP contribution is -2.10. The van der Waals surface area contributed by atoms with E-state index in [2.05, 4.69) is 15.1 Å². The molecule has 2 aromatic rings. The Balaban J connectivity index is 2.28. The second-order valence-electron chi connectivity index (χ2n) is 4.10. The van der Waals surface area contributed by atoms with Crippen LogP contribution in [0.2, 0.25) is 5.02 Å². The third kappa shape index (κ3) is 2.81. The molecular weight excluding hydrogens is 264 g/mol. The summed E-state index contributed by atoms with van der Waals surface area (Å²) in [7, 11) is 0. The first kappa shape index (κ1) is 13.7. The van der Waals surface area contributed by atoms with E-state index in [1.807, 2.05) is 13.8 Å². The molecular formula is C13H15ClN4O. The molecule has 0 bridgehead atoms. The van der Waals surface area contributed by atoms with Crippen LogP contribution in [0.3, 0.4) is 0 Å². The number of aromatic nitrogens is 4. The van der Waals surface area contributed by atoms with E-state index in [0.717, 1.165) is 17.8 Å². The number of rotatable bonds is 5. The summed E-state index contributed by atoms with van der Waals surface area (Å²) in [5.74, 6) is -0.0558. The third-order valence-electron chi connectivity index (χ3n) is 2.90. The molecule has 0 radical (unpaired) electrons. The second-order valence-corrected chi connectivity index (χ2v) is 4.48. The van der Waals surface area contributed by atoms with Crippen molar-refractivity contribution in [1.29, 1.82) is 0 Å². The van der Waals surface area contributed by atoms with E-state index in [0.29, 0.717) is 17.1 Å². The van der Waals surface area contributed by atoms with E-state index in [1.54, 1.807) is 4.68 Å². The summed E-state index contributed by atoms with van der Waals surface area (Å²) in [5, 5.41) is 4.99. The van der Waals surface area contributed by atoms with Crippen LogP contribution in [0.4, 0.5) is 0 Å². The van der Waals surface area contributed by atoms with Gasteiger partial charge in [-0.05, 0) is 13.3 Å². The van der Waals surface area contributed by atoms with Crippen molar-refractivity contribution in [2.75, 3.05) is 0 Å². The van der Waals surface area contributed by atoms with Crippen LogP contribution >= 0.6 is 11.6 Å². The van der Waals surface area contributed by atoms with Crippen molar-refractivity contribution in [3.8, 4) is 0 Å². The molecule has 2 rings (SSSR count).